The molecule has 0 saturated heterocycles. The molecule has 3 N–H and O–H groups in total. The molecule has 2 rings (SSSR count). The van der Waals surface area contributed by atoms with Gasteiger partial charge < -0.3 is 20.3 Å². The zero-order chi connectivity index (χ0) is 17.6. The lowest BCUT2D eigenvalue weighted by atomic mass is 10.0. The van der Waals surface area contributed by atoms with Gasteiger partial charge in [0.1, 0.15) is 18.1 Å². The van der Waals surface area contributed by atoms with Crippen molar-refractivity contribution >= 4 is 11.9 Å². The molecule has 0 saturated carbocycles. The van der Waals surface area contributed by atoms with Crippen LogP contribution in [0.3, 0.4) is 0 Å². The minimum atomic E-state index is -1.55. The third-order valence-electron chi connectivity index (χ3n) is 3.46. The molecule has 0 radical (unpaired) electrons. The average molecular weight is 329 g/mol. The van der Waals surface area contributed by atoms with Crippen molar-refractivity contribution in [2.24, 2.45) is 0 Å². The molecule has 0 bridgehead atoms. The summed E-state index contributed by atoms with van der Waals surface area (Å²) in [5.41, 5.74) is -0.883. The van der Waals surface area contributed by atoms with Gasteiger partial charge in [0.15, 0.2) is 5.54 Å². The fraction of sp³-hybridized carbons (Fsp3) is 0.222. The summed E-state index contributed by atoms with van der Waals surface area (Å²) in [6.45, 7) is 1.20. The number of phenolic OH excluding ortho intramolecular Hbond substituents is 1. The molecule has 1 atom stereocenters. The second-order valence-corrected chi connectivity index (χ2v) is 5.63. The molecule has 0 spiro atoms. The maximum Gasteiger partial charge on any atom is 0.332 e. The SMILES string of the molecule is CC(COc1ccccc1)(NC(=O)Cc1ccc(O)cc1)C(=O)O. The number of carboxylic acids is 1. The summed E-state index contributed by atoms with van der Waals surface area (Å²) >= 11 is 0. The van der Waals surface area contributed by atoms with Gasteiger partial charge in [0, 0.05) is 0 Å². The minimum Gasteiger partial charge on any atom is -0.508 e. The van der Waals surface area contributed by atoms with Crippen LogP contribution in [0.5, 0.6) is 11.5 Å². The van der Waals surface area contributed by atoms with E-state index in [4.69, 9.17) is 4.74 Å². The van der Waals surface area contributed by atoms with Crippen LogP contribution in [0.15, 0.2) is 54.6 Å². The van der Waals surface area contributed by atoms with E-state index in [-0.39, 0.29) is 18.8 Å². The first-order valence-corrected chi connectivity index (χ1v) is 7.39. The van der Waals surface area contributed by atoms with Crippen LogP contribution in [0.4, 0.5) is 0 Å². The van der Waals surface area contributed by atoms with E-state index in [0.29, 0.717) is 11.3 Å². The summed E-state index contributed by atoms with van der Waals surface area (Å²) in [6.07, 6.45) is 0.00842. The molecule has 0 aliphatic carbocycles. The Bertz CT molecular complexity index is 699. The molecular weight excluding hydrogens is 310 g/mol. The summed E-state index contributed by atoms with van der Waals surface area (Å²) in [7, 11) is 0. The Kier molecular flexibility index (Phi) is 5.42. The predicted octanol–water partition coefficient (Wildman–Crippen LogP) is 1.97. The zero-order valence-electron chi connectivity index (χ0n) is 13.2. The Labute approximate surface area is 139 Å². The van der Waals surface area contributed by atoms with Crippen LogP contribution in [-0.4, -0.2) is 34.2 Å². The molecule has 0 heterocycles. The topological polar surface area (TPSA) is 95.9 Å². The summed E-state index contributed by atoms with van der Waals surface area (Å²) < 4.78 is 5.47. The highest BCUT2D eigenvalue weighted by atomic mass is 16.5. The number of hydrogen-bond donors (Lipinski definition) is 3. The number of phenols is 1. The highest BCUT2D eigenvalue weighted by molar-refractivity contribution is 5.87. The molecule has 0 aliphatic rings. The number of aromatic hydroxyl groups is 1. The number of rotatable bonds is 7. The van der Waals surface area contributed by atoms with Crippen molar-refractivity contribution in [2.45, 2.75) is 18.9 Å². The van der Waals surface area contributed by atoms with E-state index < -0.39 is 17.4 Å². The number of aliphatic carboxylic acids is 1. The second-order valence-electron chi connectivity index (χ2n) is 5.63. The van der Waals surface area contributed by atoms with E-state index in [9.17, 15) is 19.8 Å². The van der Waals surface area contributed by atoms with E-state index in [1.807, 2.05) is 6.07 Å². The normalized spacial score (nSPS) is 12.9. The van der Waals surface area contributed by atoms with Crippen LogP contribution in [0.2, 0.25) is 0 Å². The molecule has 6 heteroatoms. The summed E-state index contributed by atoms with van der Waals surface area (Å²) in [5, 5.41) is 21.2. The summed E-state index contributed by atoms with van der Waals surface area (Å²) in [5.74, 6) is -0.997. The first kappa shape index (κ1) is 17.3. The van der Waals surface area contributed by atoms with E-state index in [1.54, 1.807) is 36.4 Å². The smallest absolute Gasteiger partial charge is 0.332 e. The monoisotopic (exact) mass is 329 g/mol. The lowest BCUT2D eigenvalue weighted by Gasteiger charge is -2.26. The van der Waals surface area contributed by atoms with Gasteiger partial charge in [-0.3, -0.25) is 4.79 Å². The molecular formula is C18H19NO5. The standard InChI is InChI=1S/C18H19NO5/c1-18(17(22)23,12-24-15-5-3-2-4-6-15)19-16(21)11-13-7-9-14(20)10-8-13/h2-10,20H,11-12H2,1H3,(H,19,21)(H,22,23). The molecule has 1 unspecified atom stereocenters. The Hall–Kier alpha value is -3.02. The quantitative estimate of drug-likeness (QED) is 0.722. The highest BCUT2D eigenvalue weighted by Crippen LogP contribution is 2.14. The predicted molar refractivity (Wildman–Crippen MR) is 87.9 cm³/mol. The molecule has 2 aromatic carbocycles. The van der Waals surface area contributed by atoms with Gasteiger partial charge in [-0.1, -0.05) is 30.3 Å². The number of carboxylic acid groups (broad SMARTS) is 1. The number of para-hydroxylation sites is 1. The number of carbonyl (C=O) groups is 2. The number of benzene rings is 2. The third-order valence-corrected chi connectivity index (χ3v) is 3.46. The molecule has 0 aromatic heterocycles. The largest absolute Gasteiger partial charge is 0.508 e. The van der Waals surface area contributed by atoms with Crippen molar-refractivity contribution in [3.05, 3.63) is 60.2 Å². The third kappa shape index (κ3) is 4.74. The summed E-state index contributed by atoms with van der Waals surface area (Å²) in [4.78, 5) is 23.7. The highest BCUT2D eigenvalue weighted by Gasteiger charge is 2.36. The first-order valence-electron chi connectivity index (χ1n) is 7.39. The van der Waals surface area contributed by atoms with E-state index >= 15 is 0 Å². The number of amides is 1. The second kappa shape index (κ2) is 7.50. The molecule has 1 amide bonds. The van der Waals surface area contributed by atoms with Gasteiger partial charge in [-0.15, -0.1) is 0 Å². The fourth-order valence-electron chi connectivity index (χ4n) is 2.05. The van der Waals surface area contributed by atoms with E-state index in [0.717, 1.165) is 0 Å². The maximum atomic E-state index is 12.1. The molecule has 126 valence electrons. The first-order chi connectivity index (χ1) is 11.4. The van der Waals surface area contributed by atoms with Gasteiger partial charge >= 0.3 is 5.97 Å². The van der Waals surface area contributed by atoms with Gasteiger partial charge in [0.25, 0.3) is 0 Å². The van der Waals surface area contributed by atoms with Crippen LogP contribution in [-0.2, 0) is 16.0 Å². The Morgan fingerprint density at radius 1 is 1.08 bits per heavy atom. The maximum absolute atomic E-state index is 12.1. The van der Waals surface area contributed by atoms with Crippen LogP contribution >= 0.6 is 0 Å². The van der Waals surface area contributed by atoms with Crippen LogP contribution in [0, 0.1) is 0 Å². The van der Waals surface area contributed by atoms with Crippen LogP contribution < -0.4 is 10.1 Å². The molecule has 0 aliphatic heterocycles. The summed E-state index contributed by atoms with van der Waals surface area (Å²) in [6, 6.07) is 14.9. The molecule has 0 fully saturated rings. The Balaban J connectivity index is 1.99. The number of ether oxygens (including phenoxy) is 1. The lowest BCUT2D eigenvalue weighted by Crippen LogP contribution is -2.56. The van der Waals surface area contributed by atoms with E-state index in [1.165, 1.54) is 19.1 Å². The zero-order valence-corrected chi connectivity index (χ0v) is 13.2. The van der Waals surface area contributed by atoms with Crippen molar-refractivity contribution in [3.63, 3.8) is 0 Å². The lowest BCUT2D eigenvalue weighted by molar-refractivity contribution is -0.148. The van der Waals surface area contributed by atoms with Gasteiger partial charge in [-0.25, -0.2) is 4.79 Å². The van der Waals surface area contributed by atoms with E-state index in [2.05, 4.69) is 5.32 Å². The average Bonchev–Trinajstić information content (AvgIpc) is 2.56. The molecule has 6 nitrogen and oxygen atoms in total. The van der Waals surface area contributed by atoms with Crippen LogP contribution in [0.1, 0.15) is 12.5 Å². The van der Waals surface area contributed by atoms with Gasteiger partial charge in [0.2, 0.25) is 5.91 Å². The number of hydrogen-bond acceptors (Lipinski definition) is 4. The van der Waals surface area contributed by atoms with Crippen molar-refractivity contribution in [3.8, 4) is 11.5 Å². The molecule has 24 heavy (non-hydrogen) atoms. The minimum absolute atomic E-state index is 0.00842. The van der Waals surface area contributed by atoms with Gasteiger partial charge in [-0.2, -0.15) is 0 Å². The van der Waals surface area contributed by atoms with Crippen molar-refractivity contribution in [2.75, 3.05) is 6.61 Å². The Morgan fingerprint density at radius 2 is 1.71 bits per heavy atom. The molecule has 2 aromatic rings. The van der Waals surface area contributed by atoms with Crippen molar-refractivity contribution in [1.82, 2.24) is 5.32 Å². The van der Waals surface area contributed by atoms with Crippen molar-refractivity contribution in [1.29, 1.82) is 0 Å². The van der Waals surface area contributed by atoms with Crippen molar-refractivity contribution < 1.29 is 24.5 Å². The van der Waals surface area contributed by atoms with Gasteiger partial charge in [0.05, 0.1) is 6.42 Å². The number of carbonyl (C=O) groups excluding carboxylic acids is 1. The van der Waals surface area contributed by atoms with Crippen LogP contribution in [0.25, 0.3) is 0 Å². The fourth-order valence-corrected chi connectivity index (χ4v) is 2.05. The Morgan fingerprint density at radius 3 is 2.29 bits per heavy atom. The number of nitrogens with one attached hydrogen (secondary N) is 1. The van der Waals surface area contributed by atoms with Gasteiger partial charge in [-0.05, 0) is 36.8 Å².